The first-order chi connectivity index (χ1) is 5.76. The molecule has 74 valence electrons. The van der Waals surface area contributed by atoms with Crippen LogP contribution in [0.5, 0.6) is 0 Å². The van der Waals surface area contributed by atoms with Crippen molar-refractivity contribution in [1.29, 1.82) is 0 Å². The molecule has 0 atom stereocenters. The van der Waals surface area contributed by atoms with Gasteiger partial charge >= 0.3 is 51.9 Å². The molecule has 0 spiro atoms. The fourth-order valence-corrected chi connectivity index (χ4v) is 4.70. The van der Waals surface area contributed by atoms with E-state index in [0.29, 0.717) is 0 Å². The van der Waals surface area contributed by atoms with E-state index in [0.717, 1.165) is 13.2 Å². The van der Waals surface area contributed by atoms with Gasteiger partial charge in [0, 0.05) is 13.2 Å². The monoisotopic (exact) mass is 230 g/mol. The predicted molar refractivity (Wildman–Crippen MR) is 59.4 cm³/mol. The van der Waals surface area contributed by atoms with Crippen LogP contribution in [0.4, 0.5) is 0 Å². The molecule has 0 unspecified atom stereocenters. The topological polar surface area (TPSA) is 9.23 Å². The van der Waals surface area contributed by atoms with Crippen LogP contribution in [0.2, 0.25) is 14.9 Å². The third kappa shape index (κ3) is 13.2. The summed E-state index contributed by atoms with van der Waals surface area (Å²) in [7, 11) is 0. The quantitative estimate of drug-likeness (QED) is 0.657. The molecular formula is C10H25GaO. The van der Waals surface area contributed by atoms with Gasteiger partial charge in [-0.25, -0.2) is 0 Å². The molecule has 0 radical (unpaired) electrons. The molecule has 0 aliphatic carbocycles. The van der Waals surface area contributed by atoms with E-state index in [-0.39, 0.29) is 0 Å². The van der Waals surface area contributed by atoms with Crippen molar-refractivity contribution in [3.8, 4) is 0 Å². The molecule has 0 fully saturated rings. The molecule has 0 saturated heterocycles. The summed E-state index contributed by atoms with van der Waals surface area (Å²) in [6.07, 6.45) is 0. The third-order valence-electron chi connectivity index (χ3n) is 2.14. The zero-order valence-electron chi connectivity index (χ0n) is 9.52. The molecule has 0 aromatic rings. The van der Waals surface area contributed by atoms with Crippen molar-refractivity contribution in [3.63, 3.8) is 0 Å². The molecule has 0 saturated carbocycles. The molecule has 0 aliphatic heterocycles. The molecule has 0 rings (SSSR count). The van der Waals surface area contributed by atoms with E-state index in [1.165, 1.54) is 0 Å². The van der Waals surface area contributed by atoms with Gasteiger partial charge in [-0.2, -0.15) is 0 Å². The number of rotatable bonds is 5. The number of hydrogen-bond donors (Lipinski definition) is 0. The fourth-order valence-electron chi connectivity index (χ4n) is 1.07. The van der Waals surface area contributed by atoms with Crippen molar-refractivity contribution in [1.82, 2.24) is 0 Å². The van der Waals surface area contributed by atoms with Crippen molar-refractivity contribution >= 4 is 16.2 Å². The number of hydrogen-bond acceptors (Lipinski definition) is 1. The van der Waals surface area contributed by atoms with Crippen LogP contribution >= 0.6 is 0 Å². The van der Waals surface area contributed by atoms with Gasteiger partial charge in [0.2, 0.25) is 0 Å². The fraction of sp³-hybridized carbons (Fsp3) is 1.00. The molecule has 2 heteroatoms. The average Bonchev–Trinajstić information content (AvgIpc) is 2.10. The Morgan fingerprint density at radius 1 is 0.750 bits per heavy atom. The Balaban J connectivity index is 0. The van der Waals surface area contributed by atoms with Gasteiger partial charge in [-0.3, -0.25) is 0 Å². The second kappa shape index (κ2) is 14.1. The van der Waals surface area contributed by atoms with Crippen LogP contribution in [0.3, 0.4) is 0 Å². The van der Waals surface area contributed by atoms with E-state index in [1.807, 2.05) is 13.8 Å². The first-order valence-electron chi connectivity index (χ1n) is 5.34. The standard InChI is InChI=1S/C4H10O.3C2H5.Ga/c1-3-5-4-2;3*1-2;/h3-4H2,1-2H3;3*1H2,2H3;. The normalized spacial score (nSPS) is 8.75. The summed E-state index contributed by atoms with van der Waals surface area (Å²) >= 11 is -0.576. The summed E-state index contributed by atoms with van der Waals surface area (Å²) in [5.41, 5.74) is 0. The Bertz CT molecular complexity index is 55.3. The van der Waals surface area contributed by atoms with E-state index in [9.17, 15) is 0 Å². The predicted octanol–water partition coefficient (Wildman–Crippen LogP) is 3.58. The van der Waals surface area contributed by atoms with E-state index in [2.05, 4.69) is 20.8 Å². The average molecular weight is 231 g/mol. The Morgan fingerprint density at radius 3 is 1.08 bits per heavy atom. The van der Waals surface area contributed by atoms with E-state index in [1.54, 1.807) is 14.9 Å². The second-order valence-electron chi connectivity index (χ2n) is 2.87. The van der Waals surface area contributed by atoms with Crippen molar-refractivity contribution in [3.05, 3.63) is 0 Å². The van der Waals surface area contributed by atoms with Crippen LogP contribution in [0.15, 0.2) is 0 Å². The Kier molecular flexibility index (Phi) is 17.8. The summed E-state index contributed by atoms with van der Waals surface area (Å²) in [4.78, 5) is 4.62. The summed E-state index contributed by atoms with van der Waals surface area (Å²) in [6.45, 7) is 12.7. The minimum atomic E-state index is -0.576. The van der Waals surface area contributed by atoms with Gasteiger partial charge in [-0.15, -0.1) is 0 Å². The minimum absolute atomic E-state index is 0.576. The maximum absolute atomic E-state index is 4.83. The SMILES string of the molecule is CCOCC.C[CH2][Ga]([CH2]C)[CH2]C. The van der Waals surface area contributed by atoms with Crippen LogP contribution in [0.1, 0.15) is 34.6 Å². The van der Waals surface area contributed by atoms with E-state index in [4.69, 9.17) is 4.74 Å². The molecule has 1 nitrogen and oxygen atoms in total. The molecule has 0 aliphatic rings. The van der Waals surface area contributed by atoms with Crippen LogP contribution < -0.4 is 0 Å². The van der Waals surface area contributed by atoms with Crippen LogP contribution in [-0.4, -0.2) is 29.4 Å². The second-order valence-corrected chi connectivity index (χ2v) is 11.6. The van der Waals surface area contributed by atoms with Gasteiger partial charge in [-0.05, 0) is 13.8 Å². The first-order valence-corrected chi connectivity index (χ1v) is 10.5. The van der Waals surface area contributed by atoms with Crippen molar-refractivity contribution in [2.24, 2.45) is 0 Å². The Morgan fingerprint density at radius 2 is 1.08 bits per heavy atom. The zero-order valence-corrected chi connectivity index (χ0v) is 11.9. The van der Waals surface area contributed by atoms with Gasteiger partial charge in [0.05, 0.1) is 0 Å². The number of ether oxygens (including phenoxy) is 1. The third-order valence-corrected chi connectivity index (χ3v) is 9.41. The molecule has 0 amide bonds. The molecule has 0 heterocycles. The molecule has 0 aromatic heterocycles. The summed E-state index contributed by atoms with van der Waals surface area (Å²) < 4.78 is 4.83. The van der Waals surface area contributed by atoms with Crippen LogP contribution in [0, 0.1) is 0 Å². The summed E-state index contributed by atoms with van der Waals surface area (Å²) in [5, 5.41) is 0. The maximum atomic E-state index is 4.83. The molecular weight excluding hydrogens is 206 g/mol. The Hall–Kier alpha value is 0.596. The van der Waals surface area contributed by atoms with Gasteiger partial charge in [0.25, 0.3) is 0 Å². The summed E-state index contributed by atoms with van der Waals surface area (Å²) in [6, 6.07) is 0. The van der Waals surface area contributed by atoms with Crippen molar-refractivity contribution < 1.29 is 4.74 Å². The molecule has 12 heavy (non-hydrogen) atoms. The van der Waals surface area contributed by atoms with E-state index < -0.39 is 16.2 Å². The van der Waals surface area contributed by atoms with Crippen LogP contribution in [-0.2, 0) is 4.74 Å². The molecule has 0 N–H and O–H groups in total. The zero-order chi connectivity index (χ0) is 9.82. The van der Waals surface area contributed by atoms with E-state index >= 15 is 0 Å². The molecule has 0 aromatic carbocycles. The Labute approximate surface area is 83.9 Å². The molecule has 0 bridgehead atoms. The summed E-state index contributed by atoms with van der Waals surface area (Å²) in [5.74, 6) is 0. The van der Waals surface area contributed by atoms with Crippen LogP contribution in [0.25, 0.3) is 0 Å². The van der Waals surface area contributed by atoms with Crippen molar-refractivity contribution in [2.75, 3.05) is 13.2 Å². The van der Waals surface area contributed by atoms with Crippen molar-refractivity contribution in [2.45, 2.75) is 49.5 Å². The van der Waals surface area contributed by atoms with Gasteiger partial charge in [-0.1, -0.05) is 0 Å². The first kappa shape index (κ1) is 15.1. The van der Waals surface area contributed by atoms with Gasteiger partial charge in [0.1, 0.15) is 0 Å². The van der Waals surface area contributed by atoms with Gasteiger partial charge < -0.3 is 4.74 Å². The van der Waals surface area contributed by atoms with Gasteiger partial charge in [0.15, 0.2) is 0 Å².